The van der Waals surface area contributed by atoms with Gasteiger partial charge in [0.05, 0.1) is 30.8 Å². The molecule has 1 N–H and O–H groups in total. The van der Waals surface area contributed by atoms with Crippen molar-refractivity contribution in [2.45, 2.75) is 51.0 Å². The molecule has 1 amide bonds. The van der Waals surface area contributed by atoms with Gasteiger partial charge in [-0.25, -0.2) is 15.0 Å². The predicted molar refractivity (Wildman–Crippen MR) is 110 cm³/mol. The number of carbonyl (C=O) groups excluding carboxylic acids is 1. The minimum Gasteiger partial charge on any atom is -0.364 e. The lowest BCUT2D eigenvalue weighted by atomic mass is 9.97. The molecule has 4 atom stereocenters. The fourth-order valence-corrected chi connectivity index (χ4v) is 4.84. The number of hydrogen-bond donors (Lipinski definition) is 1. The van der Waals surface area contributed by atoms with Crippen LogP contribution >= 0.6 is 0 Å². The lowest BCUT2D eigenvalue weighted by molar-refractivity contribution is -0.141. The third kappa shape index (κ3) is 3.79. The first-order valence-electron chi connectivity index (χ1n) is 10.5. The molecule has 12 heteroatoms. The first-order valence-corrected chi connectivity index (χ1v) is 10.5. The Morgan fingerprint density at radius 3 is 2.52 bits per heavy atom. The maximum absolute atomic E-state index is 13.7. The quantitative estimate of drug-likeness (QED) is 0.642. The van der Waals surface area contributed by atoms with Crippen LogP contribution in [0, 0.1) is 12.8 Å². The number of carbonyl (C=O) groups is 1. The molecule has 2 aliphatic rings. The number of pyridine rings is 1. The second-order valence-corrected chi connectivity index (χ2v) is 8.43. The Morgan fingerprint density at radius 1 is 1.12 bits per heavy atom. The Kier molecular flexibility index (Phi) is 5.02. The summed E-state index contributed by atoms with van der Waals surface area (Å²) in [6.07, 6.45) is 1.87. The number of rotatable bonds is 4. The van der Waals surface area contributed by atoms with Crippen molar-refractivity contribution in [3.8, 4) is 5.69 Å². The Balaban J connectivity index is 1.40. The van der Waals surface area contributed by atoms with Crippen LogP contribution in [0.3, 0.4) is 0 Å². The monoisotopic (exact) mass is 458 g/mol. The van der Waals surface area contributed by atoms with Crippen LogP contribution in [0.25, 0.3) is 5.69 Å². The number of amides is 1. The van der Waals surface area contributed by atoms with Gasteiger partial charge in [0, 0.05) is 17.8 Å². The molecule has 3 aromatic rings. The van der Waals surface area contributed by atoms with E-state index in [0.717, 1.165) is 19.0 Å². The first kappa shape index (κ1) is 21.3. The van der Waals surface area contributed by atoms with Crippen molar-refractivity contribution in [1.82, 2.24) is 34.8 Å². The largest absolute Gasteiger partial charge is 0.434 e. The lowest BCUT2D eigenvalue weighted by Crippen LogP contribution is -2.52. The van der Waals surface area contributed by atoms with Gasteiger partial charge in [0.1, 0.15) is 11.5 Å². The maximum atomic E-state index is 13.7. The van der Waals surface area contributed by atoms with Crippen molar-refractivity contribution in [3.05, 3.63) is 54.0 Å². The number of halogens is 3. The first-order chi connectivity index (χ1) is 15.7. The van der Waals surface area contributed by atoms with Crippen molar-refractivity contribution in [2.75, 3.05) is 5.32 Å². The number of likely N-dealkylation sites (tertiary alicyclic amines) is 1. The SMILES string of the molecule is Cc1ccc(-n2nccn2)c(C(=O)N2[C@H](C)[C@@H]3C[C@H](Nc4cnc(C(F)(F)F)cn4)[C@H]2C3)n1. The van der Waals surface area contributed by atoms with Gasteiger partial charge >= 0.3 is 6.18 Å². The summed E-state index contributed by atoms with van der Waals surface area (Å²) in [5.74, 6) is 0.279. The van der Waals surface area contributed by atoms with Gasteiger partial charge in [-0.2, -0.15) is 23.4 Å². The van der Waals surface area contributed by atoms with E-state index in [2.05, 4.69) is 30.5 Å². The van der Waals surface area contributed by atoms with Gasteiger partial charge < -0.3 is 10.2 Å². The van der Waals surface area contributed by atoms with Gasteiger partial charge in [0.15, 0.2) is 11.4 Å². The molecule has 1 saturated carbocycles. The molecule has 9 nitrogen and oxygen atoms in total. The van der Waals surface area contributed by atoms with Crippen LogP contribution in [0.2, 0.25) is 0 Å². The predicted octanol–water partition coefficient (Wildman–Crippen LogP) is 2.88. The molecule has 2 bridgehead atoms. The van der Waals surface area contributed by atoms with Crippen LogP contribution in [-0.4, -0.2) is 58.9 Å². The third-order valence-electron chi connectivity index (χ3n) is 6.40. The number of nitrogens with zero attached hydrogens (tertiary/aromatic N) is 7. The molecule has 4 heterocycles. The zero-order valence-corrected chi connectivity index (χ0v) is 17.9. The normalized spacial score (nSPS) is 24.3. The Bertz CT molecular complexity index is 1170. The number of piperidine rings is 1. The molecule has 0 unspecified atom stereocenters. The van der Waals surface area contributed by atoms with E-state index in [4.69, 9.17) is 0 Å². The van der Waals surface area contributed by atoms with Gasteiger partial charge in [-0.15, -0.1) is 4.80 Å². The van der Waals surface area contributed by atoms with Crippen LogP contribution in [0.4, 0.5) is 19.0 Å². The van der Waals surface area contributed by atoms with Crippen molar-refractivity contribution < 1.29 is 18.0 Å². The summed E-state index contributed by atoms with van der Waals surface area (Å²) in [5, 5.41) is 11.4. The fourth-order valence-electron chi connectivity index (χ4n) is 4.84. The van der Waals surface area contributed by atoms with Gasteiger partial charge in [0.25, 0.3) is 5.91 Å². The van der Waals surface area contributed by atoms with E-state index in [1.165, 1.54) is 17.2 Å². The molecule has 5 rings (SSSR count). The fraction of sp³-hybridized carbons (Fsp3) is 0.429. The molecule has 2 fully saturated rings. The van der Waals surface area contributed by atoms with Crippen molar-refractivity contribution in [2.24, 2.45) is 5.92 Å². The Hall–Kier alpha value is -3.57. The molecule has 0 spiro atoms. The highest BCUT2D eigenvalue weighted by Crippen LogP contribution is 2.44. The number of hydrogen-bond acceptors (Lipinski definition) is 7. The van der Waals surface area contributed by atoms with Crippen LogP contribution in [0.5, 0.6) is 0 Å². The Morgan fingerprint density at radius 2 is 1.88 bits per heavy atom. The van der Waals surface area contributed by atoms with Crippen molar-refractivity contribution in [1.29, 1.82) is 0 Å². The molecular weight excluding hydrogens is 437 g/mol. The number of fused-ring (bicyclic) bond motifs is 2. The second kappa shape index (κ2) is 7.78. The molecule has 0 aromatic carbocycles. The topological polar surface area (TPSA) is 102 Å². The average molecular weight is 458 g/mol. The number of anilines is 1. The Labute approximate surface area is 187 Å². The minimum atomic E-state index is -4.54. The summed E-state index contributed by atoms with van der Waals surface area (Å²) in [5.41, 5.74) is 0.403. The maximum Gasteiger partial charge on any atom is 0.434 e. The summed E-state index contributed by atoms with van der Waals surface area (Å²) in [4.78, 5) is 28.7. The van der Waals surface area contributed by atoms with Crippen LogP contribution in [0.15, 0.2) is 36.9 Å². The molecule has 1 saturated heterocycles. The van der Waals surface area contributed by atoms with Gasteiger partial charge in [0.2, 0.25) is 0 Å². The van der Waals surface area contributed by atoms with Crippen molar-refractivity contribution >= 4 is 11.7 Å². The van der Waals surface area contributed by atoms with Crippen molar-refractivity contribution in [3.63, 3.8) is 0 Å². The van der Waals surface area contributed by atoms with E-state index < -0.39 is 11.9 Å². The van der Waals surface area contributed by atoms with Gasteiger partial charge in [-0.05, 0) is 44.7 Å². The number of aryl methyl sites for hydroxylation is 1. The van der Waals surface area contributed by atoms with E-state index in [0.29, 0.717) is 17.6 Å². The molecule has 1 aliphatic carbocycles. The number of alkyl halides is 3. The zero-order chi connectivity index (χ0) is 23.3. The molecule has 1 aliphatic heterocycles. The van der Waals surface area contributed by atoms with E-state index in [-0.39, 0.29) is 41.5 Å². The van der Waals surface area contributed by atoms with E-state index in [9.17, 15) is 18.0 Å². The molecule has 3 aromatic heterocycles. The zero-order valence-electron chi connectivity index (χ0n) is 17.9. The second-order valence-electron chi connectivity index (χ2n) is 8.43. The van der Waals surface area contributed by atoms with Gasteiger partial charge in [-0.1, -0.05) is 0 Å². The van der Waals surface area contributed by atoms with Crippen LogP contribution in [-0.2, 0) is 6.18 Å². The summed E-state index contributed by atoms with van der Waals surface area (Å²) in [7, 11) is 0. The van der Waals surface area contributed by atoms with Crippen LogP contribution < -0.4 is 5.32 Å². The lowest BCUT2D eigenvalue weighted by Gasteiger charge is -2.38. The van der Waals surface area contributed by atoms with Gasteiger partial charge in [-0.3, -0.25) is 4.79 Å². The molecule has 33 heavy (non-hydrogen) atoms. The highest BCUT2D eigenvalue weighted by Gasteiger charge is 2.52. The number of nitrogens with one attached hydrogen (secondary N) is 1. The molecule has 172 valence electrons. The highest BCUT2D eigenvalue weighted by molar-refractivity contribution is 5.96. The van der Waals surface area contributed by atoms with E-state index >= 15 is 0 Å². The summed E-state index contributed by atoms with van der Waals surface area (Å²) < 4.78 is 38.3. The summed E-state index contributed by atoms with van der Waals surface area (Å²) in [6, 6.07) is 3.25. The summed E-state index contributed by atoms with van der Waals surface area (Å²) in [6.45, 7) is 3.82. The minimum absolute atomic E-state index is 0.0000163. The molecular formula is C21H21F3N8O. The average Bonchev–Trinajstić information content (AvgIpc) is 3.50. The highest BCUT2D eigenvalue weighted by atomic mass is 19.4. The molecule has 0 radical (unpaired) electrons. The van der Waals surface area contributed by atoms with Crippen LogP contribution in [0.1, 0.15) is 41.6 Å². The van der Waals surface area contributed by atoms with E-state index in [1.807, 2.05) is 18.7 Å². The third-order valence-corrected chi connectivity index (χ3v) is 6.40. The van der Waals surface area contributed by atoms with E-state index in [1.54, 1.807) is 12.1 Å². The smallest absolute Gasteiger partial charge is 0.364 e. The summed E-state index contributed by atoms with van der Waals surface area (Å²) >= 11 is 0. The standard InChI is InChI=1S/C21H21F3N8O/c1-11-3-4-15(32-27-5-6-28-32)19(29-11)20(33)31-12(2)13-7-14(16(31)8-13)30-18-10-25-17(9-26-18)21(22,23)24/h3-6,9-10,12-14,16H,7-8H2,1-2H3,(H,26,30)/t12-,13-,14+,16-/m1/s1. The number of aromatic nitrogens is 6.